The van der Waals surface area contributed by atoms with E-state index in [9.17, 15) is 0 Å². The molecule has 2 nitrogen and oxygen atoms in total. The Labute approximate surface area is 127 Å². The van der Waals surface area contributed by atoms with Gasteiger partial charge in [-0.25, -0.2) is 0 Å². The summed E-state index contributed by atoms with van der Waals surface area (Å²) >= 11 is 0. The van der Waals surface area contributed by atoms with E-state index < -0.39 is 0 Å². The molecule has 0 unspecified atom stereocenters. The predicted octanol–water partition coefficient (Wildman–Crippen LogP) is 4.13. The van der Waals surface area contributed by atoms with Gasteiger partial charge in [-0.15, -0.1) is 0 Å². The lowest BCUT2D eigenvalue weighted by atomic mass is 9.89. The van der Waals surface area contributed by atoms with Crippen molar-refractivity contribution < 1.29 is 0 Å². The van der Waals surface area contributed by atoms with Crippen LogP contribution in [0.2, 0.25) is 0 Å². The first-order chi connectivity index (χ1) is 9.95. The number of hydrogen-bond donors (Lipinski definition) is 1. The van der Waals surface area contributed by atoms with Crippen LogP contribution in [-0.4, -0.2) is 4.98 Å². The Morgan fingerprint density at radius 1 is 1.00 bits per heavy atom. The second kappa shape index (κ2) is 5.27. The van der Waals surface area contributed by atoms with E-state index in [0.717, 1.165) is 17.0 Å². The van der Waals surface area contributed by atoms with Gasteiger partial charge in [-0.05, 0) is 75.3 Å². The quantitative estimate of drug-likeness (QED) is 0.898. The lowest BCUT2D eigenvalue weighted by molar-refractivity contribution is 0.548. The summed E-state index contributed by atoms with van der Waals surface area (Å²) in [5.74, 6) is 0. The molecule has 21 heavy (non-hydrogen) atoms. The minimum Gasteiger partial charge on any atom is -0.322 e. The molecule has 1 aromatic carbocycles. The molecule has 2 aromatic rings. The molecular weight excluding hydrogens is 256 g/mol. The number of aromatic nitrogens is 1. The molecule has 0 fully saturated rings. The van der Waals surface area contributed by atoms with Gasteiger partial charge in [0.05, 0.1) is 5.69 Å². The minimum absolute atomic E-state index is 0.342. The van der Waals surface area contributed by atoms with Crippen molar-refractivity contribution in [2.75, 3.05) is 0 Å². The fraction of sp³-hybridized carbons (Fsp3) is 0.421. The molecule has 1 aliphatic carbocycles. The maximum absolute atomic E-state index is 6.20. The molecule has 2 N–H and O–H groups in total. The van der Waals surface area contributed by atoms with Crippen LogP contribution in [0.3, 0.4) is 0 Å². The molecular formula is C19H24N2. The van der Waals surface area contributed by atoms with Crippen molar-refractivity contribution in [1.82, 2.24) is 4.98 Å². The lowest BCUT2D eigenvalue weighted by Crippen LogP contribution is -2.29. The van der Waals surface area contributed by atoms with E-state index in [1.165, 1.54) is 42.4 Å². The van der Waals surface area contributed by atoms with E-state index in [4.69, 9.17) is 10.7 Å². The monoisotopic (exact) mass is 280 g/mol. The Balaban J connectivity index is 1.99. The number of nitrogens with two attached hydrogens (primary N) is 1. The maximum atomic E-state index is 6.20. The normalized spacial score (nSPS) is 14.9. The third kappa shape index (κ3) is 2.86. The number of benzene rings is 1. The van der Waals surface area contributed by atoms with Crippen molar-refractivity contribution >= 4 is 0 Å². The van der Waals surface area contributed by atoms with Crippen molar-refractivity contribution in [3.8, 4) is 11.3 Å². The van der Waals surface area contributed by atoms with Crippen LogP contribution in [0, 0.1) is 6.92 Å². The average molecular weight is 280 g/mol. The summed E-state index contributed by atoms with van der Waals surface area (Å²) in [6.07, 6.45) is 5.06. The van der Waals surface area contributed by atoms with Crippen LogP contribution in [-0.2, 0) is 18.4 Å². The Hall–Kier alpha value is -1.67. The number of rotatable bonds is 2. The van der Waals surface area contributed by atoms with E-state index in [0.29, 0.717) is 0 Å². The van der Waals surface area contributed by atoms with Crippen LogP contribution in [0.4, 0.5) is 0 Å². The first-order valence-electron chi connectivity index (χ1n) is 7.84. The predicted molar refractivity (Wildman–Crippen MR) is 88.3 cm³/mol. The Morgan fingerprint density at radius 3 is 2.38 bits per heavy atom. The lowest BCUT2D eigenvalue weighted by Gasteiger charge is -2.22. The van der Waals surface area contributed by atoms with Gasteiger partial charge in [-0.2, -0.15) is 0 Å². The zero-order valence-corrected chi connectivity index (χ0v) is 13.2. The van der Waals surface area contributed by atoms with Crippen molar-refractivity contribution in [1.29, 1.82) is 0 Å². The van der Waals surface area contributed by atoms with Crippen LogP contribution >= 0.6 is 0 Å². The van der Waals surface area contributed by atoms with E-state index in [-0.39, 0.29) is 5.54 Å². The van der Waals surface area contributed by atoms with Crippen LogP contribution in [0.1, 0.15) is 49.1 Å². The van der Waals surface area contributed by atoms with Gasteiger partial charge < -0.3 is 5.73 Å². The van der Waals surface area contributed by atoms with Crippen LogP contribution in [0.5, 0.6) is 0 Å². The molecule has 110 valence electrons. The summed E-state index contributed by atoms with van der Waals surface area (Å²) < 4.78 is 0. The standard InChI is InChI=1S/C19H24N2/c1-13-17(19(2,3)20)10-11-18(21-13)16-9-8-14-6-4-5-7-15(14)12-16/h8-12H,4-7,20H2,1-3H3. The largest absolute Gasteiger partial charge is 0.322 e. The highest BCUT2D eigenvalue weighted by atomic mass is 14.8. The number of fused-ring (bicyclic) bond motifs is 1. The van der Waals surface area contributed by atoms with Gasteiger partial charge in [0.15, 0.2) is 0 Å². The summed E-state index contributed by atoms with van der Waals surface area (Å²) in [4.78, 5) is 4.78. The highest BCUT2D eigenvalue weighted by Crippen LogP contribution is 2.28. The molecule has 2 heteroatoms. The first-order valence-corrected chi connectivity index (χ1v) is 7.84. The number of nitrogens with zero attached hydrogens (tertiary/aromatic N) is 1. The Morgan fingerprint density at radius 2 is 1.71 bits per heavy atom. The third-order valence-electron chi connectivity index (χ3n) is 4.42. The van der Waals surface area contributed by atoms with E-state index in [1.807, 2.05) is 20.8 Å². The molecule has 1 aromatic heterocycles. The molecule has 0 amide bonds. The molecule has 1 aliphatic rings. The molecule has 0 atom stereocenters. The van der Waals surface area contributed by atoms with Crippen molar-refractivity contribution in [2.45, 2.75) is 52.0 Å². The topological polar surface area (TPSA) is 38.9 Å². The number of hydrogen-bond acceptors (Lipinski definition) is 2. The van der Waals surface area contributed by atoms with Gasteiger partial charge in [-0.3, -0.25) is 4.98 Å². The third-order valence-corrected chi connectivity index (χ3v) is 4.42. The smallest absolute Gasteiger partial charge is 0.0705 e. The second-order valence-corrected chi connectivity index (χ2v) is 6.74. The molecule has 0 bridgehead atoms. The Bertz CT molecular complexity index is 666. The highest BCUT2D eigenvalue weighted by molar-refractivity contribution is 5.62. The fourth-order valence-electron chi connectivity index (χ4n) is 3.30. The summed E-state index contributed by atoms with van der Waals surface area (Å²) in [6, 6.07) is 11.0. The van der Waals surface area contributed by atoms with Crippen molar-refractivity contribution in [3.05, 3.63) is 52.7 Å². The van der Waals surface area contributed by atoms with E-state index >= 15 is 0 Å². The van der Waals surface area contributed by atoms with Crippen molar-refractivity contribution in [2.24, 2.45) is 5.73 Å². The Kier molecular flexibility index (Phi) is 3.58. The highest BCUT2D eigenvalue weighted by Gasteiger charge is 2.18. The summed E-state index contributed by atoms with van der Waals surface area (Å²) in [5.41, 5.74) is 13.3. The summed E-state index contributed by atoms with van der Waals surface area (Å²) in [7, 11) is 0. The van der Waals surface area contributed by atoms with E-state index in [2.05, 4.69) is 30.3 Å². The molecule has 0 saturated heterocycles. The summed E-state index contributed by atoms with van der Waals surface area (Å²) in [6.45, 7) is 6.09. The molecule has 0 saturated carbocycles. The van der Waals surface area contributed by atoms with Gasteiger partial charge >= 0.3 is 0 Å². The SMILES string of the molecule is Cc1nc(-c2ccc3c(c2)CCCC3)ccc1C(C)(C)N. The zero-order chi connectivity index (χ0) is 15.0. The van der Waals surface area contributed by atoms with Crippen molar-refractivity contribution in [3.63, 3.8) is 0 Å². The van der Waals surface area contributed by atoms with Crippen LogP contribution < -0.4 is 5.73 Å². The summed E-state index contributed by atoms with van der Waals surface area (Å²) in [5, 5.41) is 0. The van der Waals surface area contributed by atoms with Gasteiger partial charge in [0, 0.05) is 16.8 Å². The van der Waals surface area contributed by atoms with E-state index in [1.54, 1.807) is 0 Å². The molecule has 0 spiro atoms. The van der Waals surface area contributed by atoms with Crippen LogP contribution in [0.25, 0.3) is 11.3 Å². The van der Waals surface area contributed by atoms with Gasteiger partial charge in [0.2, 0.25) is 0 Å². The van der Waals surface area contributed by atoms with Gasteiger partial charge in [0.25, 0.3) is 0 Å². The fourth-order valence-corrected chi connectivity index (χ4v) is 3.30. The number of pyridine rings is 1. The van der Waals surface area contributed by atoms with Gasteiger partial charge in [0.1, 0.15) is 0 Å². The second-order valence-electron chi connectivity index (χ2n) is 6.74. The first kappa shape index (κ1) is 14.3. The molecule has 1 heterocycles. The van der Waals surface area contributed by atoms with Crippen LogP contribution in [0.15, 0.2) is 30.3 Å². The number of aryl methyl sites for hydroxylation is 3. The maximum Gasteiger partial charge on any atom is 0.0705 e. The molecule has 3 rings (SSSR count). The van der Waals surface area contributed by atoms with Gasteiger partial charge in [-0.1, -0.05) is 18.2 Å². The average Bonchev–Trinajstić information content (AvgIpc) is 2.45. The minimum atomic E-state index is -0.342. The zero-order valence-electron chi connectivity index (χ0n) is 13.2. The molecule has 0 radical (unpaired) electrons. The molecule has 0 aliphatic heterocycles.